The predicted molar refractivity (Wildman–Crippen MR) is 65.2 cm³/mol. The molecule has 100 valence electrons. The van der Waals surface area contributed by atoms with Gasteiger partial charge in [-0.3, -0.25) is 0 Å². The summed E-state index contributed by atoms with van der Waals surface area (Å²) in [6, 6.07) is 5.91. The fourth-order valence-electron chi connectivity index (χ4n) is 1.77. The van der Waals surface area contributed by atoms with Crippen LogP contribution in [0.5, 0.6) is 0 Å². The van der Waals surface area contributed by atoms with Crippen LogP contribution < -0.4 is 5.73 Å². The summed E-state index contributed by atoms with van der Waals surface area (Å²) in [5, 5.41) is 16.4. The van der Waals surface area contributed by atoms with Gasteiger partial charge in [-0.1, -0.05) is 17.3 Å². The summed E-state index contributed by atoms with van der Waals surface area (Å²) in [4.78, 5) is 11.0. The lowest BCUT2D eigenvalue weighted by Crippen LogP contribution is -2.14. The van der Waals surface area contributed by atoms with E-state index in [1.807, 2.05) is 0 Å². The summed E-state index contributed by atoms with van der Waals surface area (Å²) < 4.78 is 14.3. The van der Waals surface area contributed by atoms with Crippen molar-refractivity contribution < 1.29 is 14.3 Å². The first kappa shape index (κ1) is 13.2. The Balaban J connectivity index is 2.29. The van der Waals surface area contributed by atoms with E-state index in [0.29, 0.717) is 25.2 Å². The molecule has 0 bridgehead atoms. The molecule has 0 saturated carbocycles. The Morgan fingerprint density at radius 1 is 1.37 bits per heavy atom. The van der Waals surface area contributed by atoms with Gasteiger partial charge in [0.2, 0.25) is 0 Å². The van der Waals surface area contributed by atoms with Gasteiger partial charge in [0.15, 0.2) is 5.69 Å². The highest BCUT2D eigenvalue weighted by atomic mass is 19.1. The van der Waals surface area contributed by atoms with Gasteiger partial charge >= 0.3 is 5.97 Å². The van der Waals surface area contributed by atoms with Crippen molar-refractivity contribution >= 4 is 5.97 Å². The molecule has 0 aliphatic rings. The number of aromatic carboxylic acids is 1. The average molecular weight is 264 g/mol. The highest BCUT2D eigenvalue weighted by molar-refractivity contribution is 5.86. The van der Waals surface area contributed by atoms with E-state index in [1.165, 1.54) is 16.8 Å². The summed E-state index contributed by atoms with van der Waals surface area (Å²) in [6.45, 7) is 0.632. The van der Waals surface area contributed by atoms with Crippen LogP contribution in [0.4, 0.5) is 4.39 Å². The monoisotopic (exact) mass is 264 g/mol. The number of halogens is 1. The predicted octanol–water partition coefficient (Wildman–Crippen LogP) is 0.665. The van der Waals surface area contributed by atoms with Crippen LogP contribution in [-0.2, 0) is 13.0 Å². The molecule has 6 nitrogen and oxygen atoms in total. The number of nitrogens with two attached hydrogens (primary N) is 1. The van der Waals surface area contributed by atoms with E-state index in [-0.39, 0.29) is 11.5 Å². The maximum Gasteiger partial charge on any atom is 0.358 e. The standard InChI is InChI=1S/C12H13FN4O2/c13-9-3-1-8(2-4-9)7-17-10(5-6-14)11(12(18)19)15-16-17/h1-4H,5-7,14H2,(H,18,19). The van der Waals surface area contributed by atoms with Crippen molar-refractivity contribution in [3.63, 3.8) is 0 Å². The van der Waals surface area contributed by atoms with Gasteiger partial charge in [0.25, 0.3) is 0 Å². The second-order valence-electron chi connectivity index (χ2n) is 4.01. The molecule has 0 spiro atoms. The molecule has 1 aromatic carbocycles. The number of carboxylic acids is 1. The van der Waals surface area contributed by atoms with Crippen molar-refractivity contribution in [3.05, 3.63) is 47.0 Å². The van der Waals surface area contributed by atoms with Gasteiger partial charge in [-0.15, -0.1) is 5.10 Å². The zero-order chi connectivity index (χ0) is 13.8. The molecule has 1 aromatic heterocycles. The summed E-state index contributed by atoms with van der Waals surface area (Å²) in [5.74, 6) is -1.45. The largest absolute Gasteiger partial charge is 0.476 e. The first-order valence-electron chi connectivity index (χ1n) is 5.72. The van der Waals surface area contributed by atoms with Gasteiger partial charge in [-0.05, 0) is 24.2 Å². The van der Waals surface area contributed by atoms with Crippen LogP contribution in [0.3, 0.4) is 0 Å². The Kier molecular flexibility index (Phi) is 3.86. The molecule has 0 radical (unpaired) electrons. The van der Waals surface area contributed by atoms with Crippen molar-refractivity contribution in [3.8, 4) is 0 Å². The molecule has 0 atom stereocenters. The quantitative estimate of drug-likeness (QED) is 0.827. The number of rotatable bonds is 5. The maximum atomic E-state index is 12.8. The van der Waals surface area contributed by atoms with Crippen molar-refractivity contribution in [2.45, 2.75) is 13.0 Å². The molecule has 0 amide bonds. The number of aromatic nitrogens is 3. The van der Waals surface area contributed by atoms with Crippen molar-refractivity contribution in [2.75, 3.05) is 6.54 Å². The van der Waals surface area contributed by atoms with E-state index >= 15 is 0 Å². The van der Waals surface area contributed by atoms with E-state index in [9.17, 15) is 9.18 Å². The number of hydrogen-bond donors (Lipinski definition) is 2. The first-order valence-corrected chi connectivity index (χ1v) is 5.72. The van der Waals surface area contributed by atoms with Crippen LogP contribution in [0.25, 0.3) is 0 Å². The SMILES string of the molecule is NCCc1c(C(=O)O)nnn1Cc1ccc(F)cc1. The number of carboxylic acid groups (broad SMARTS) is 1. The molecule has 1 heterocycles. The van der Waals surface area contributed by atoms with E-state index in [2.05, 4.69) is 10.3 Å². The third kappa shape index (κ3) is 2.94. The highest BCUT2D eigenvalue weighted by Crippen LogP contribution is 2.10. The minimum Gasteiger partial charge on any atom is -0.476 e. The molecular formula is C12H13FN4O2. The van der Waals surface area contributed by atoms with Gasteiger partial charge in [0.05, 0.1) is 12.2 Å². The Morgan fingerprint density at radius 3 is 2.63 bits per heavy atom. The molecule has 2 aromatic rings. The molecule has 0 aliphatic heterocycles. The molecule has 7 heteroatoms. The fraction of sp³-hybridized carbons (Fsp3) is 0.250. The lowest BCUT2D eigenvalue weighted by Gasteiger charge is -2.06. The van der Waals surface area contributed by atoms with Gasteiger partial charge in [0.1, 0.15) is 5.82 Å². The smallest absolute Gasteiger partial charge is 0.358 e. The lowest BCUT2D eigenvalue weighted by molar-refractivity contribution is 0.0689. The summed E-state index contributed by atoms with van der Waals surface area (Å²) >= 11 is 0. The number of carbonyl (C=O) groups is 1. The highest BCUT2D eigenvalue weighted by Gasteiger charge is 2.18. The topological polar surface area (TPSA) is 94.0 Å². The lowest BCUT2D eigenvalue weighted by atomic mass is 10.2. The van der Waals surface area contributed by atoms with Crippen molar-refractivity contribution in [2.24, 2.45) is 5.73 Å². The third-order valence-electron chi connectivity index (χ3n) is 2.67. The van der Waals surface area contributed by atoms with Gasteiger partial charge in [0, 0.05) is 6.42 Å². The summed E-state index contributed by atoms with van der Waals surface area (Å²) in [7, 11) is 0. The normalized spacial score (nSPS) is 10.6. The minimum absolute atomic E-state index is 0.0902. The molecule has 19 heavy (non-hydrogen) atoms. The van der Waals surface area contributed by atoms with Crippen molar-refractivity contribution in [1.29, 1.82) is 0 Å². The second-order valence-corrected chi connectivity index (χ2v) is 4.01. The summed E-state index contributed by atoms with van der Waals surface area (Å²) in [6.07, 6.45) is 0.371. The Hall–Kier alpha value is -2.28. The minimum atomic E-state index is -1.13. The Bertz CT molecular complexity index is 580. The molecule has 2 rings (SSSR count). The van der Waals surface area contributed by atoms with Gasteiger partial charge < -0.3 is 10.8 Å². The maximum absolute atomic E-state index is 12.8. The zero-order valence-corrected chi connectivity index (χ0v) is 10.1. The third-order valence-corrected chi connectivity index (χ3v) is 2.67. The van der Waals surface area contributed by atoms with Crippen molar-refractivity contribution in [1.82, 2.24) is 15.0 Å². The van der Waals surface area contributed by atoms with Crippen LogP contribution in [0.1, 0.15) is 21.7 Å². The zero-order valence-electron chi connectivity index (χ0n) is 10.1. The van der Waals surface area contributed by atoms with Crippen LogP contribution in [0.15, 0.2) is 24.3 Å². The van der Waals surface area contributed by atoms with E-state index in [1.54, 1.807) is 12.1 Å². The Labute approximate surface area is 108 Å². The number of hydrogen-bond acceptors (Lipinski definition) is 4. The molecule has 0 aliphatic carbocycles. The van der Waals surface area contributed by atoms with Crippen LogP contribution in [0.2, 0.25) is 0 Å². The number of nitrogens with zero attached hydrogens (tertiary/aromatic N) is 3. The van der Waals surface area contributed by atoms with E-state index < -0.39 is 5.97 Å². The van der Waals surface area contributed by atoms with Crippen LogP contribution in [-0.4, -0.2) is 32.6 Å². The van der Waals surface area contributed by atoms with Gasteiger partial charge in [-0.2, -0.15) is 0 Å². The van der Waals surface area contributed by atoms with E-state index in [0.717, 1.165) is 5.56 Å². The molecule has 0 fully saturated rings. The Morgan fingerprint density at radius 2 is 2.05 bits per heavy atom. The average Bonchev–Trinajstić information content (AvgIpc) is 2.76. The first-order chi connectivity index (χ1) is 9.11. The molecule has 0 saturated heterocycles. The van der Waals surface area contributed by atoms with Crippen LogP contribution in [0, 0.1) is 5.82 Å². The molecular weight excluding hydrogens is 251 g/mol. The van der Waals surface area contributed by atoms with Gasteiger partial charge in [-0.25, -0.2) is 13.9 Å². The van der Waals surface area contributed by atoms with Crippen LogP contribution >= 0.6 is 0 Å². The van der Waals surface area contributed by atoms with E-state index in [4.69, 9.17) is 10.8 Å². The second kappa shape index (κ2) is 5.57. The summed E-state index contributed by atoms with van der Waals surface area (Å²) in [5.41, 5.74) is 6.65. The molecule has 0 unspecified atom stereocenters. The fourth-order valence-corrected chi connectivity index (χ4v) is 1.77. The number of benzene rings is 1. The molecule has 3 N–H and O–H groups in total.